The van der Waals surface area contributed by atoms with Crippen LogP contribution >= 0.6 is 0 Å². The van der Waals surface area contributed by atoms with Gasteiger partial charge in [0.2, 0.25) is 10.0 Å². The van der Waals surface area contributed by atoms with Crippen LogP contribution in [0.5, 0.6) is 0 Å². The van der Waals surface area contributed by atoms with Crippen LogP contribution in [-0.2, 0) is 10.0 Å². The molecule has 0 aliphatic rings. The number of rotatable bonds is 8. The van der Waals surface area contributed by atoms with Gasteiger partial charge in [-0.2, -0.15) is 0 Å². The van der Waals surface area contributed by atoms with E-state index in [-0.39, 0.29) is 11.4 Å². The third kappa shape index (κ3) is 5.98. The van der Waals surface area contributed by atoms with Crippen molar-refractivity contribution in [2.75, 3.05) is 23.6 Å². The second-order valence-corrected chi connectivity index (χ2v) is 5.95. The SMILES string of the molecule is CCNCCCCS(=O)(=O)Nc1ccc(F)cc1F. The molecule has 19 heavy (non-hydrogen) atoms. The lowest BCUT2D eigenvalue weighted by Gasteiger charge is -2.09. The van der Waals surface area contributed by atoms with Crippen LogP contribution in [-0.4, -0.2) is 27.3 Å². The molecule has 108 valence electrons. The fourth-order valence-electron chi connectivity index (χ4n) is 1.51. The van der Waals surface area contributed by atoms with Crippen molar-refractivity contribution in [2.45, 2.75) is 19.8 Å². The average molecular weight is 292 g/mol. The van der Waals surface area contributed by atoms with Gasteiger partial charge in [-0.15, -0.1) is 0 Å². The molecule has 1 rings (SSSR count). The van der Waals surface area contributed by atoms with Crippen molar-refractivity contribution in [2.24, 2.45) is 0 Å². The van der Waals surface area contributed by atoms with Crippen molar-refractivity contribution in [1.29, 1.82) is 0 Å². The third-order valence-electron chi connectivity index (χ3n) is 2.46. The van der Waals surface area contributed by atoms with Crippen molar-refractivity contribution in [3.05, 3.63) is 29.8 Å². The maximum atomic E-state index is 13.3. The highest BCUT2D eigenvalue weighted by Crippen LogP contribution is 2.16. The predicted octanol–water partition coefficient (Wildman–Crippen LogP) is 2.10. The molecular formula is C12H18F2N2O2S. The molecule has 0 amide bonds. The molecule has 0 heterocycles. The molecule has 0 fully saturated rings. The molecule has 0 bridgehead atoms. The average Bonchev–Trinajstić information content (AvgIpc) is 2.32. The second-order valence-electron chi connectivity index (χ2n) is 4.11. The molecule has 0 atom stereocenters. The summed E-state index contributed by atoms with van der Waals surface area (Å²) in [5.41, 5.74) is -0.229. The number of nitrogens with one attached hydrogen (secondary N) is 2. The Balaban J connectivity index is 2.50. The maximum Gasteiger partial charge on any atom is 0.232 e. The number of halogens is 2. The van der Waals surface area contributed by atoms with Gasteiger partial charge in [-0.05, 0) is 38.1 Å². The van der Waals surface area contributed by atoms with Gasteiger partial charge in [0, 0.05) is 6.07 Å². The number of benzene rings is 1. The maximum absolute atomic E-state index is 13.3. The molecule has 1 aromatic rings. The number of unbranched alkanes of at least 4 members (excludes halogenated alkanes) is 1. The van der Waals surface area contributed by atoms with Crippen LogP contribution in [0.2, 0.25) is 0 Å². The van der Waals surface area contributed by atoms with Gasteiger partial charge in [0.1, 0.15) is 11.6 Å². The van der Waals surface area contributed by atoms with Crippen LogP contribution in [0, 0.1) is 11.6 Å². The zero-order valence-electron chi connectivity index (χ0n) is 10.7. The van der Waals surface area contributed by atoms with Gasteiger partial charge in [0.15, 0.2) is 0 Å². The quantitative estimate of drug-likeness (QED) is 0.721. The van der Waals surface area contributed by atoms with Gasteiger partial charge in [0.25, 0.3) is 0 Å². The van der Waals surface area contributed by atoms with Gasteiger partial charge < -0.3 is 5.32 Å². The van der Waals surface area contributed by atoms with Crippen molar-refractivity contribution in [3.8, 4) is 0 Å². The monoisotopic (exact) mass is 292 g/mol. The first-order valence-corrected chi connectivity index (χ1v) is 7.76. The molecule has 0 unspecified atom stereocenters. The van der Waals surface area contributed by atoms with Crippen LogP contribution in [0.1, 0.15) is 19.8 Å². The lowest BCUT2D eigenvalue weighted by molar-refractivity contribution is 0.581. The Morgan fingerprint density at radius 2 is 1.95 bits per heavy atom. The van der Waals surface area contributed by atoms with E-state index < -0.39 is 21.7 Å². The van der Waals surface area contributed by atoms with E-state index in [9.17, 15) is 17.2 Å². The molecule has 2 N–H and O–H groups in total. The Bertz CT molecular complexity index is 506. The molecule has 0 radical (unpaired) electrons. The standard InChI is InChI=1S/C12H18F2N2O2S/c1-2-15-7-3-4-8-19(17,18)16-12-6-5-10(13)9-11(12)14/h5-6,9,15-16H,2-4,7-8H2,1H3. The van der Waals surface area contributed by atoms with E-state index in [4.69, 9.17) is 0 Å². The summed E-state index contributed by atoms with van der Waals surface area (Å²) in [6.45, 7) is 3.55. The summed E-state index contributed by atoms with van der Waals surface area (Å²) >= 11 is 0. The van der Waals surface area contributed by atoms with Gasteiger partial charge in [-0.1, -0.05) is 6.92 Å². The first-order valence-electron chi connectivity index (χ1n) is 6.11. The van der Waals surface area contributed by atoms with E-state index in [2.05, 4.69) is 10.0 Å². The summed E-state index contributed by atoms with van der Waals surface area (Å²) in [5, 5.41) is 3.08. The summed E-state index contributed by atoms with van der Waals surface area (Å²) < 4.78 is 51.4. The summed E-state index contributed by atoms with van der Waals surface area (Å²) in [5.74, 6) is -1.75. The van der Waals surface area contributed by atoms with Crippen LogP contribution in [0.25, 0.3) is 0 Å². The fourth-order valence-corrected chi connectivity index (χ4v) is 2.70. The summed E-state index contributed by atoms with van der Waals surface area (Å²) in [6.07, 6.45) is 1.20. The number of anilines is 1. The second kappa shape index (κ2) is 7.40. The smallest absolute Gasteiger partial charge is 0.232 e. The van der Waals surface area contributed by atoms with Gasteiger partial charge in [-0.3, -0.25) is 4.72 Å². The molecule has 0 aromatic heterocycles. The van der Waals surface area contributed by atoms with Crippen LogP contribution < -0.4 is 10.0 Å². The van der Waals surface area contributed by atoms with Gasteiger partial charge in [-0.25, -0.2) is 17.2 Å². The van der Waals surface area contributed by atoms with E-state index in [1.807, 2.05) is 6.92 Å². The molecule has 4 nitrogen and oxygen atoms in total. The highest BCUT2D eigenvalue weighted by atomic mass is 32.2. The minimum absolute atomic E-state index is 0.0881. The van der Waals surface area contributed by atoms with E-state index >= 15 is 0 Å². The lowest BCUT2D eigenvalue weighted by Crippen LogP contribution is -2.19. The summed E-state index contributed by atoms with van der Waals surface area (Å²) in [4.78, 5) is 0. The van der Waals surface area contributed by atoms with Crippen LogP contribution in [0.15, 0.2) is 18.2 Å². The Morgan fingerprint density at radius 3 is 2.58 bits per heavy atom. The molecule has 1 aromatic carbocycles. The molecule has 0 saturated heterocycles. The van der Waals surface area contributed by atoms with Gasteiger partial charge in [0.05, 0.1) is 11.4 Å². The molecule has 0 saturated carbocycles. The Morgan fingerprint density at radius 1 is 1.21 bits per heavy atom. The summed E-state index contributed by atoms with van der Waals surface area (Å²) in [7, 11) is -3.60. The molecule has 0 aliphatic carbocycles. The lowest BCUT2D eigenvalue weighted by atomic mass is 10.3. The molecule has 0 spiro atoms. The Labute approximate surface area is 112 Å². The Hall–Kier alpha value is -1.21. The largest absolute Gasteiger partial charge is 0.317 e. The topological polar surface area (TPSA) is 58.2 Å². The van der Waals surface area contributed by atoms with Crippen molar-refractivity contribution in [1.82, 2.24) is 5.32 Å². The number of sulfonamides is 1. The van der Waals surface area contributed by atoms with Crippen LogP contribution in [0.3, 0.4) is 0 Å². The van der Waals surface area contributed by atoms with Crippen molar-refractivity contribution in [3.63, 3.8) is 0 Å². The molecule has 7 heteroatoms. The molecule has 0 aliphatic heterocycles. The number of hydrogen-bond acceptors (Lipinski definition) is 3. The van der Waals surface area contributed by atoms with Crippen molar-refractivity contribution >= 4 is 15.7 Å². The predicted molar refractivity (Wildman–Crippen MR) is 71.5 cm³/mol. The highest BCUT2D eigenvalue weighted by Gasteiger charge is 2.13. The van der Waals surface area contributed by atoms with Crippen molar-refractivity contribution < 1.29 is 17.2 Å². The third-order valence-corrected chi connectivity index (χ3v) is 3.82. The zero-order valence-corrected chi connectivity index (χ0v) is 11.6. The minimum atomic E-state index is -3.60. The molecular weight excluding hydrogens is 274 g/mol. The minimum Gasteiger partial charge on any atom is -0.317 e. The van der Waals surface area contributed by atoms with E-state index in [0.717, 1.165) is 31.6 Å². The van der Waals surface area contributed by atoms with Crippen LogP contribution in [0.4, 0.5) is 14.5 Å². The van der Waals surface area contributed by atoms with E-state index in [0.29, 0.717) is 12.5 Å². The first-order chi connectivity index (χ1) is 8.94. The van der Waals surface area contributed by atoms with E-state index in [1.165, 1.54) is 0 Å². The number of hydrogen-bond donors (Lipinski definition) is 2. The zero-order chi connectivity index (χ0) is 14.3. The Kier molecular flexibility index (Phi) is 6.17. The fraction of sp³-hybridized carbons (Fsp3) is 0.500. The summed E-state index contributed by atoms with van der Waals surface area (Å²) in [6, 6.07) is 2.72. The first kappa shape index (κ1) is 15.8. The normalized spacial score (nSPS) is 11.5. The highest BCUT2D eigenvalue weighted by molar-refractivity contribution is 7.92. The van der Waals surface area contributed by atoms with Gasteiger partial charge >= 0.3 is 0 Å². The van der Waals surface area contributed by atoms with E-state index in [1.54, 1.807) is 0 Å².